The fourth-order valence-electron chi connectivity index (χ4n) is 2.55. The molecule has 1 heterocycles. The van der Waals surface area contributed by atoms with Crippen LogP contribution in [0.1, 0.15) is 36.9 Å². The molecule has 2 saturated carbocycles. The van der Waals surface area contributed by atoms with Crippen LogP contribution in [0.15, 0.2) is 12.1 Å². The van der Waals surface area contributed by atoms with Crippen molar-refractivity contribution >= 4 is 23.0 Å². The molecule has 0 atom stereocenters. The number of nitrogens with one attached hydrogen (secondary N) is 1. The van der Waals surface area contributed by atoms with Crippen molar-refractivity contribution in [3.63, 3.8) is 0 Å². The maximum Gasteiger partial charge on any atom is 0.136 e. The number of thiocarbonyl (C=S) groups is 1. The summed E-state index contributed by atoms with van der Waals surface area (Å²) in [5.74, 6) is 2.55. The van der Waals surface area contributed by atoms with Crippen molar-refractivity contribution in [3.8, 4) is 0 Å². The molecule has 3 nitrogen and oxygen atoms in total. The summed E-state index contributed by atoms with van der Waals surface area (Å²) < 4.78 is 0. The van der Waals surface area contributed by atoms with Gasteiger partial charge in [0.25, 0.3) is 0 Å². The molecular formula is C14H19N3S. The van der Waals surface area contributed by atoms with Gasteiger partial charge in [0.1, 0.15) is 10.8 Å². The summed E-state index contributed by atoms with van der Waals surface area (Å²) in [6.07, 6.45) is 5.40. The van der Waals surface area contributed by atoms with Crippen LogP contribution in [0.3, 0.4) is 0 Å². The van der Waals surface area contributed by atoms with Gasteiger partial charge in [-0.1, -0.05) is 12.2 Å². The molecule has 1 aromatic rings. The number of rotatable bonds is 5. The van der Waals surface area contributed by atoms with Gasteiger partial charge >= 0.3 is 0 Å². The van der Waals surface area contributed by atoms with E-state index in [1.165, 1.54) is 25.7 Å². The second-order valence-corrected chi connectivity index (χ2v) is 6.00. The van der Waals surface area contributed by atoms with Crippen LogP contribution in [-0.4, -0.2) is 16.0 Å². The molecule has 18 heavy (non-hydrogen) atoms. The lowest BCUT2D eigenvalue weighted by molar-refractivity contribution is 0.565. The van der Waals surface area contributed by atoms with Crippen LogP contribution in [0.25, 0.3) is 0 Å². The Morgan fingerprint density at radius 1 is 1.33 bits per heavy atom. The molecule has 96 valence electrons. The quantitative estimate of drug-likeness (QED) is 0.800. The van der Waals surface area contributed by atoms with Gasteiger partial charge in [0.05, 0.1) is 5.56 Å². The third-order valence-electron chi connectivity index (χ3n) is 3.86. The fourth-order valence-corrected chi connectivity index (χ4v) is 2.72. The summed E-state index contributed by atoms with van der Waals surface area (Å²) in [5.41, 5.74) is 7.65. The molecule has 1 aromatic heterocycles. The molecule has 2 aliphatic carbocycles. The Morgan fingerprint density at radius 3 is 2.44 bits per heavy atom. The zero-order valence-electron chi connectivity index (χ0n) is 10.6. The van der Waals surface area contributed by atoms with E-state index in [0.29, 0.717) is 11.0 Å². The van der Waals surface area contributed by atoms with E-state index in [0.717, 1.165) is 28.9 Å². The first kappa shape index (κ1) is 11.9. The third-order valence-corrected chi connectivity index (χ3v) is 4.08. The van der Waals surface area contributed by atoms with E-state index < -0.39 is 0 Å². The monoisotopic (exact) mass is 261 g/mol. The topological polar surface area (TPSA) is 50.9 Å². The maximum absolute atomic E-state index is 5.78. The normalized spacial score (nSPS) is 19.0. The van der Waals surface area contributed by atoms with Crippen LogP contribution in [0.4, 0.5) is 5.82 Å². The summed E-state index contributed by atoms with van der Waals surface area (Å²) in [7, 11) is 0. The van der Waals surface area contributed by atoms with Gasteiger partial charge in [0.2, 0.25) is 0 Å². The van der Waals surface area contributed by atoms with Gasteiger partial charge in [-0.15, -0.1) is 0 Å². The predicted octanol–water partition coefficient (Wildman–Crippen LogP) is 2.62. The Bertz CT molecular complexity index is 466. The molecule has 0 bridgehead atoms. The van der Waals surface area contributed by atoms with Gasteiger partial charge in [-0.25, -0.2) is 4.98 Å². The molecular weight excluding hydrogens is 242 g/mol. The van der Waals surface area contributed by atoms with E-state index in [-0.39, 0.29) is 0 Å². The van der Waals surface area contributed by atoms with E-state index in [2.05, 4.69) is 10.3 Å². The SMILES string of the molecule is Cc1ccc(C(N)=S)c(NC(C2CC2)C2CC2)n1. The van der Waals surface area contributed by atoms with Crippen LogP contribution >= 0.6 is 12.2 Å². The molecule has 0 unspecified atom stereocenters. The predicted molar refractivity (Wildman–Crippen MR) is 77.7 cm³/mol. The van der Waals surface area contributed by atoms with Gasteiger partial charge in [-0.2, -0.15) is 0 Å². The Labute approximate surface area is 113 Å². The molecule has 3 N–H and O–H groups in total. The molecule has 0 saturated heterocycles. The first-order chi connectivity index (χ1) is 8.65. The number of aryl methyl sites for hydroxylation is 1. The lowest BCUT2D eigenvalue weighted by Crippen LogP contribution is -2.27. The number of hydrogen-bond donors (Lipinski definition) is 2. The van der Waals surface area contributed by atoms with Crippen molar-refractivity contribution < 1.29 is 0 Å². The minimum absolute atomic E-state index is 0.426. The number of nitrogens with zero attached hydrogens (tertiary/aromatic N) is 1. The number of pyridine rings is 1. The fraction of sp³-hybridized carbons (Fsp3) is 0.571. The second kappa shape index (κ2) is 4.50. The van der Waals surface area contributed by atoms with Crippen LogP contribution in [-0.2, 0) is 0 Å². The van der Waals surface area contributed by atoms with Crippen molar-refractivity contribution in [2.24, 2.45) is 17.6 Å². The highest BCUT2D eigenvalue weighted by atomic mass is 32.1. The van der Waals surface area contributed by atoms with E-state index in [1.807, 2.05) is 19.1 Å². The molecule has 0 radical (unpaired) electrons. The van der Waals surface area contributed by atoms with Crippen LogP contribution in [0.5, 0.6) is 0 Å². The minimum atomic E-state index is 0.426. The highest BCUT2D eigenvalue weighted by molar-refractivity contribution is 7.80. The van der Waals surface area contributed by atoms with Crippen molar-refractivity contribution in [1.29, 1.82) is 0 Å². The van der Waals surface area contributed by atoms with E-state index >= 15 is 0 Å². The van der Waals surface area contributed by atoms with Crippen LogP contribution < -0.4 is 11.1 Å². The van der Waals surface area contributed by atoms with E-state index in [1.54, 1.807) is 0 Å². The number of aromatic nitrogens is 1. The second-order valence-electron chi connectivity index (χ2n) is 5.56. The first-order valence-corrected chi connectivity index (χ1v) is 7.10. The number of hydrogen-bond acceptors (Lipinski definition) is 3. The molecule has 0 amide bonds. The standard InChI is InChI=1S/C14H19N3S/c1-8-2-7-11(13(15)18)14(16-8)17-12(9-3-4-9)10-5-6-10/h2,7,9-10,12H,3-6H2,1H3,(H2,15,18)(H,16,17). The highest BCUT2D eigenvalue weighted by Gasteiger charge is 2.41. The number of nitrogens with two attached hydrogens (primary N) is 1. The highest BCUT2D eigenvalue weighted by Crippen LogP contribution is 2.45. The van der Waals surface area contributed by atoms with Crippen molar-refractivity contribution in [3.05, 3.63) is 23.4 Å². The van der Waals surface area contributed by atoms with Gasteiger partial charge in [-0.3, -0.25) is 0 Å². The molecule has 4 heteroatoms. The molecule has 2 aliphatic rings. The average Bonchev–Trinajstić information content (AvgIpc) is 3.17. The van der Waals surface area contributed by atoms with Crippen LogP contribution in [0.2, 0.25) is 0 Å². The smallest absolute Gasteiger partial charge is 0.136 e. The van der Waals surface area contributed by atoms with Gasteiger partial charge in [-0.05, 0) is 56.6 Å². The lowest BCUT2D eigenvalue weighted by atomic mass is 10.1. The zero-order chi connectivity index (χ0) is 12.7. The number of anilines is 1. The summed E-state index contributed by atoms with van der Waals surface area (Å²) in [4.78, 5) is 5.00. The Kier molecular flexibility index (Phi) is 2.98. The van der Waals surface area contributed by atoms with E-state index in [9.17, 15) is 0 Å². The van der Waals surface area contributed by atoms with Crippen LogP contribution in [0, 0.1) is 18.8 Å². The molecule has 0 aromatic carbocycles. The van der Waals surface area contributed by atoms with Crippen molar-refractivity contribution in [2.45, 2.75) is 38.6 Å². The van der Waals surface area contributed by atoms with Crippen molar-refractivity contribution in [2.75, 3.05) is 5.32 Å². The summed E-state index contributed by atoms with van der Waals surface area (Å²) in [5, 5.41) is 3.62. The molecule has 2 fully saturated rings. The van der Waals surface area contributed by atoms with E-state index in [4.69, 9.17) is 18.0 Å². The van der Waals surface area contributed by atoms with Gasteiger partial charge in [0, 0.05) is 11.7 Å². The summed E-state index contributed by atoms with van der Waals surface area (Å²) >= 11 is 5.11. The van der Waals surface area contributed by atoms with Gasteiger partial charge in [0.15, 0.2) is 0 Å². The molecule has 3 rings (SSSR count). The Hall–Kier alpha value is -1.16. The Morgan fingerprint density at radius 2 is 1.94 bits per heavy atom. The molecule has 0 spiro atoms. The third kappa shape index (κ3) is 2.48. The lowest BCUT2D eigenvalue weighted by Gasteiger charge is -2.20. The summed E-state index contributed by atoms with van der Waals surface area (Å²) in [6, 6.07) is 4.51. The Balaban J connectivity index is 1.85. The molecule has 0 aliphatic heterocycles. The minimum Gasteiger partial charge on any atom is -0.389 e. The largest absolute Gasteiger partial charge is 0.389 e. The average molecular weight is 261 g/mol. The maximum atomic E-state index is 5.78. The van der Waals surface area contributed by atoms with Crippen molar-refractivity contribution in [1.82, 2.24) is 4.98 Å². The first-order valence-electron chi connectivity index (χ1n) is 6.69. The van der Waals surface area contributed by atoms with Gasteiger partial charge < -0.3 is 11.1 Å². The summed E-state index contributed by atoms with van der Waals surface area (Å²) in [6.45, 7) is 2.00. The zero-order valence-corrected chi connectivity index (χ0v) is 11.5.